The fourth-order valence-corrected chi connectivity index (χ4v) is 4.91. The van der Waals surface area contributed by atoms with Crippen LogP contribution >= 0.6 is 0 Å². The van der Waals surface area contributed by atoms with Gasteiger partial charge in [-0.15, -0.1) is 0 Å². The van der Waals surface area contributed by atoms with Gasteiger partial charge in [0.15, 0.2) is 0 Å². The van der Waals surface area contributed by atoms with E-state index in [1.54, 1.807) is 13.1 Å². The molecule has 2 heterocycles. The number of aliphatic hydroxyl groups excluding tert-OH is 1. The zero-order valence-electron chi connectivity index (χ0n) is 16.6. The number of aromatic nitrogens is 2. The Hall–Kier alpha value is -1.70. The van der Waals surface area contributed by atoms with Gasteiger partial charge in [0.1, 0.15) is 0 Å². The van der Waals surface area contributed by atoms with E-state index in [9.17, 15) is 13.5 Å². The standard InChI is InChI=1S/C21H31N3O3S/c1-2-28(26,27)21-22-14-20(16-23-12-6-11-19(15-23)17-25)24(21)13-7-10-18-8-4-3-5-9-18/h3-5,8-9,14,19,25H,2,6-7,10-13,15-17H2,1H3/t19-/m1/s1. The van der Waals surface area contributed by atoms with Gasteiger partial charge < -0.3 is 9.67 Å². The minimum absolute atomic E-state index is 0.0540. The largest absolute Gasteiger partial charge is 0.396 e. The second kappa shape index (κ2) is 9.67. The Morgan fingerprint density at radius 1 is 1.25 bits per heavy atom. The van der Waals surface area contributed by atoms with Gasteiger partial charge in [-0.25, -0.2) is 13.4 Å². The average Bonchev–Trinajstić information content (AvgIpc) is 3.12. The third kappa shape index (κ3) is 5.21. The Morgan fingerprint density at radius 2 is 2.04 bits per heavy atom. The summed E-state index contributed by atoms with van der Waals surface area (Å²) in [6.07, 6.45) is 5.60. The van der Waals surface area contributed by atoms with E-state index >= 15 is 0 Å². The smallest absolute Gasteiger partial charge is 0.227 e. The molecule has 1 saturated heterocycles. The molecule has 0 amide bonds. The van der Waals surface area contributed by atoms with Gasteiger partial charge in [0.2, 0.25) is 15.0 Å². The van der Waals surface area contributed by atoms with Crippen molar-refractivity contribution in [2.45, 2.75) is 50.9 Å². The van der Waals surface area contributed by atoms with E-state index in [0.717, 1.165) is 44.5 Å². The van der Waals surface area contributed by atoms with Gasteiger partial charge in [-0.2, -0.15) is 0 Å². The van der Waals surface area contributed by atoms with Gasteiger partial charge in [0, 0.05) is 26.2 Å². The quantitative estimate of drug-likeness (QED) is 0.694. The van der Waals surface area contributed by atoms with Crippen molar-refractivity contribution in [3.63, 3.8) is 0 Å². The Bertz CT molecular complexity index is 849. The van der Waals surface area contributed by atoms with Gasteiger partial charge in [-0.3, -0.25) is 4.90 Å². The molecule has 154 valence electrons. The number of hydrogen-bond donors (Lipinski definition) is 1. The van der Waals surface area contributed by atoms with Crippen molar-refractivity contribution >= 4 is 9.84 Å². The Balaban J connectivity index is 1.75. The van der Waals surface area contributed by atoms with E-state index in [-0.39, 0.29) is 17.5 Å². The van der Waals surface area contributed by atoms with Crippen LogP contribution in [0.2, 0.25) is 0 Å². The number of piperidine rings is 1. The fourth-order valence-electron chi connectivity index (χ4n) is 3.89. The summed E-state index contributed by atoms with van der Waals surface area (Å²) in [5, 5.41) is 9.66. The van der Waals surface area contributed by atoms with Gasteiger partial charge in [-0.1, -0.05) is 37.3 Å². The maximum Gasteiger partial charge on any atom is 0.227 e. The van der Waals surface area contributed by atoms with Crippen molar-refractivity contribution in [2.24, 2.45) is 5.92 Å². The summed E-state index contributed by atoms with van der Waals surface area (Å²) in [6, 6.07) is 10.3. The van der Waals surface area contributed by atoms with Crippen molar-refractivity contribution in [3.8, 4) is 0 Å². The number of nitrogens with zero attached hydrogens (tertiary/aromatic N) is 3. The molecule has 0 bridgehead atoms. The number of aliphatic hydroxyl groups is 1. The average molecular weight is 406 g/mol. The Kier molecular flexibility index (Phi) is 7.26. The highest BCUT2D eigenvalue weighted by molar-refractivity contribution is 7.91. The first kappa shape index (κ1) is 21.0. The number of rotatable bonds is 9. The van der Waals surface area contributed by atoms with Gasteiger partial charge in [-0.05, 0) is 43.7 Å². The first-order valence-corrected chi connectivity index (χ1v) is 11.8. The molecule has 0 saturated carbocycles. The molecule has 0 radical (unpaired) electrons. The first-order valence-electron chi connectivity index (χ1n) is 10.2. The third-order valence-electron chi connectivity index (χ3n) is 5.50. The van der Waals surface area contributed by atoms with Crippen LogP contribution in [0.5, 0.6) is 0 Å². The number of hydrogen-bond acceptors (Lipinski definition) is 5. The molecule has 7 heteroatoms. The van der Waals surface area contributed by atoms with E-state index in [1.165, 1.54) is 5.56 Å². The van der Waals surface area contributed by atoms with Crippen LogP contribution < -0.4 is 0 Å². The monoisotopic (exact) mass is 405 g/mol. The SMILES string of the molecule is CCS(=O)(=O)c1ncc(CN2CCC[C@@H](CO)C2)n1CCCc1ccccc1. The van der Waals surface area contributed by atoms with Crippen molar-refractivity contribution in [1.82, 2.24) is 14.5 Å². The lowest BCUT2D eigenvalue weighted by Gasteiger charge is -2.31. The summed E-state index contributed by atoms with van der Waals surface area (Å²) in [7, 11) is -3.37. The number of aryl methyl sites for hydroxylation is 1. The van der Waals surface area contributed by atoms with Crippen LogP contribution in [-0.2, 0) is 29.3 Å². The second-order valence-corrected chi connectivity index (χ2v) is 9.77. The summed E-state index contributed by atoms with van der Waals surface area (Å²) < 4.78 is 27.0. The summed E-state index contributed by atoms with van der Waals surface area (Å²) in [6.45, 7) is 5.00. The number of likely N-dealkylation sites (tertiary alicyclic amines) is 1. The van der Waals surface area contributed by atoms with Crippen molar-refractivity contribution in [3.05, 3.63) is 47.8 Å². The number of imidazole rings is 1. The number of benzene rings is 1. The first-order chi connectivity index (χ1) is 13.5. The van der Waals surface area contributed by atoms with E-state index in [1.807, 2.05) is 22.8 Å². The Labute approximate surface area is 168 Å². The molecule has 1 N–H and O–H groups in total. The summed E-state index contributed by atoms with van der Waals surface area (Å²) in [4.78, 5) is 6.59. The molecule has 1 aromatic heterocycles. The summed E-state index contributed by atoms with van der Waals surface area (Å²) in [5.74, 6) is 0.361. The molecule has 1 aromatic carbocycles. The van der Waals surface area contributed by atoms with Crippen LogP contribution in [0.4, 0.5) is 0 Å². The van der Waals surface area contributed by atoms with Crippen LogP contribution in [0.15, 0.2) is 41.7 Å². The third-order valence-corrected chi connectivity index (χ3v) is 7.14. The molecular formula is C21H31N3O3S. The molecule has 3 rings (SSSR count). The van der Waals surface area contributed by atoms with Crippen molar-refractivity contribution in [2.75, 3.05) is 25.4 Å². The lowest BCUT2D eigenvalue weighted by Crippen LogP contribution is -2.36. The fraction of sp³-hybridized carbons (Fsp3) is 0.571. The van der Waals surface area contributed by atoms with Crippen molar-refractivity contribution < 1.29 is 13.5 Å². The maximum atomic E-state index is 12.5. The minimum Gasteiger partial charge on any atom is -0.396 e. The molecule has 28 heavy (non-hydrogen) atoms. The van der Waals surface area contributed by atoms with E-state index in [2.05, 4.69) is 22.0 Å². The van der Waals surface area contributed by atoms with E-state index in [4.69, 9.17) is 0 Å². The highest BCUT2D eigenvalue weighted by atomic mass is 32.2. The minimum atomic E-state index is -3.37. The molecule has 1 fully saturated rings. The zero-order valence-corrected chi connectivity index (χ0v) is 17.4. The van der Waals surface area contributed by atoms with Gasteiger partial charge in [0.25, 0.3) is 0 Å². The molecule has 0 aliphatic carbocycles. The van der Waals surface area contributed by atoms with Gasteiger partial charge in [0.05, 0.1) is 17.6 Å². The van der Waals surface area contributed by atoms with Crippen LogP contribution in [0.3, 0.4) is 0 Å². The summed E-state index contributed by atoms with van der Waals surface area (Å²) in [5.41, 5.74) is 2.20. The number of sulfone groups is 1. The molecule has 1 atom stereocenters. The predicted octanol–water partition coefficient (Wildman–Crippen LogP) is 2.51. The maximum absolute atomic E-state index is 12.5. The topological polar surface area (TPSA) is 75.4 Å². The van der Waals surface area contributed by atoms with Crippen LogP contribution in [-0.4, -0.2) is 53.4 Å². The molecule has 0 spiro atoms. The normalized spacial score (nSPS) is 18.4. The van der Waals surface area contributed by atoms with Crippen LogP contribution in [0.25, 0.3) is 0 Å². The van der Waals surface area contributed by atoms with Gasteiger partial charge >= 0.3 is 0 Å². The molecule has 1 aliphatic heterocycles. The lowest BCUT2D eigenvalue weighted by molar-refractivity contribution is 0.114. The highest BCUT2D eigenvalue weighted by Crippen LogP contribution is 2.21. The molecule has 2 aromatic rings. The van der Waals surface area contributed by atoms with Crippen LogP contribution in [0, 0.1) is 5.92 Å². The molecule has 0 unspecified atom stereocenters. The second-order valence-electron chi connectivity index (χ2n) is 7.60. The van der Waals surface area contributed by atoms with Crippen molar-refractivity contribution in [1.29, 1.82) is 0 Å². The predicted molar refractivity (Wildman–Crippen MR) is 110 cm³/mol. The molecule has 6 nitrogen and oxygen atoms in total. The Morgan fingerprint density at radius 3 is 2.75 bits per heavy atom. The lowest BCUT2D eigenvalue weighted by atomic mass is 9.99. The van der Waals surface area contributed by atoms with E-state index in [0.29, 0.717) is 19.0 Å². The van der Waals surface area contributed by atoms with Crippen LogP contribution in [0.1, 0.15) is 37.4 Å². The molecule has 1 aliphatic rings. The highest BCUT2D eigenvalue weighted by Gasteiger charge is 2.24. The zero-order chi connectivity index (χ0) is 20.0. The summed E-state index contributed by atoms with van der Waals surface area (Å²) >= 11 is 0. The molecular weight excluding hydrogens is 374 g/mol. The van der Waals surface area contributed by atoms with E-state index < -0.39 is 9.84 Å².